The van der Waals surface area contributed by atoms with Crippen LogP contribution in [0.2, 0.25) is 0 Å². The lowest BCUT2D eigenvalue weighted by atomic mass is 10.2. The molecule has 0 fully saturated rings. The van der Waals surface area contributed by atoms with Crippen LogP contribution in [-0.4, -0.2) is 23.6 Å². The zero-order valence-electron chi connectivity index (χ0n) is 11.0. The number of hydrogen-bond donors (Lipinski definition) is 3. The third-order valence-electron chi connectivity index (χ3n) is 2.76. The van der Waals surface area contributed by atoms with Gasteiger partial charge in [-0.05, 0) is 19.1 Å². The van der Waals surface area contributed by atoms with Crippen LogP contribution in [0.5, 0.6) is 0 Å². The summed E-state index contributed by atoms with van der Waals surface area (Å²) in [4.78, 5) is 3.38. The van der Waals surface area contributed by atoms with Crippen molar-refractivity contribution in [3.63, 3.8) is 0 Å². The molecule has 1 heterocycles. The fourth-order valence-electron chi connectivity index (χ4n) is 1.74. The summed E-state index contributed by atoms with van der Waals surface area (Å²) >= 11 is 3.14. The lowest BCUT2D eigenvalue weighted by Crippen LogP contribution is -2.28. The highest BCUT2D eigenvalue weighted by Gasteiger charge is 2.25. The molecule has 0 radical (unpaired) electrons. The normalized spacial score (nSPS) is 13.3. The van der Waals surface area contributed by atoms with Gasteiger partial charge in [0.15, 0.2) is 0 Å². The fourth-order valence-corrected chi connectivity index (χ4v) is 3.75. The summed E-state index contributed by atoms with van der Waals surface area (Å²) in [6.45, 7) is 1.46. The molecule has 1 aromatic carbocycles. The predicted molar refractivity (Wildman–Crippen MR) is 77.1 cm³/mol. The Bertz CT molecular complexity index is 735. The van der Waals surface area contributed by atoms with E-state index < -0.39 is 26.8 Å². The molecule has 0 aliphatic rings. The summed E-state index contributed by atoms with van der Waals surface area (Å²) in [6, 6.07) is 1.94. The molecule has 2 aromatic rings. The zero-order valence-corrected chi connectivity index (χ0v) is 13.4. The van der Waals surface area contributed by atoms with E-state index in [0.29, 0.717) is 10.3 Å². The average Bonchev–Trinajstić information content (AvgIpc) is 2.94. The van der Waals surface area contributed by atoms with Crippen molar-refractivity contribution >= 4 is 26.0 Å². The number of nitrogens with zero attached hydrogens (tertiary/aromatic N) is 2. The van der Waals surface area contributed by atoms with E-state index in [1.165, 1.54) is 18.5 Å². The highest BCUT2D eigenvalue weighted by atomic mass is 79.9. The van der Waals surface area contributed by atoms with Crippen molar-refractivity contribution in [1.29, 1.82) is 0 Å². The maximum atomic E-state index is 14.2. The van der Waals surface area contributed by atoms with Crippen LogP contribution in [0, 0.1) is 5.82 Å². The van der Waals surface area contributed by atoms with Crippen molar-refractivity contribution in [3.05, 3.63) is 40.1 Å². The van der Waals surface area contributed by atoms with Gasteiger partial charge in [0.1, 0.15) is 22.9 Å². The largest absolute Gasteiger partial charge is 0.326 e. The maximum Gasteiger partial charge on any atom is 0.244 e. The van der Waals surface area contributed by atoms with Crippen LogP contribution in [0.15, 0.2) is 27.8 Å². The van der Waals surface area contributed by atoms with Crippen LogP contribution in [0.25, 0.3) is 0 Å². The Kier molecular flexibility index (Phi) is 4.71. The van der Waals surface area contributed by atoms with Gasteiger partial charge in [0.2, 0.25) is 10.0 Å². The number of nitrogens with one attached hydrogen (secondary N) is 2. The molecule has 0 spiro atoms. The Morgan fingerprint density at radius 3 is 2.81 bits per heavy atom. The third kappa shape index (κ3) is 3.46. The van der Waals surface area contributed by atoms with Gasteiger partial charge < -0.3 is 5.73 Å². The minimum absolute atomic E-state index is 0.106. The number of benzene rings is 1. The van der Waals surface area contributed by atoms with Gasteiger partial charge in [-0.2, -0.15) is 5.10 Å². The minimum Gasteiger partial charge on any atom is -0.326 e. The Hall–Kier alpha value is -1.36. The Balaban J connectivity index is 2.38. The molecule has 2 rings (SSSR count). The first-order chi connectivity index (χ1) is 9.85. The molecular weight excluding hydrogens is 365 g/mol. The molecule has 114 valence electrons. The number of rotatable bonds is 5. The number of halogens is 2. The second-order valence-electron chi connectivity index (χ2n) is 4.29. The number of hydrogen-bond acceptors (Lipinski definition) is 5. The number of aromatic nitrogens is 3. The van der Waals surface area contributed by atoms with Crippen molar-refractivity contribution in [3.8, 4) is 0 Å². The molecule has 0 aliphatic heterocycles. The maximum absolute atomic E-state index is 14.2. The molecule has 0 saturated heterocycles. The van der Waals surface area contributed by atoms with Gasteiger partial charge in [-0.3, -0.25) is 5.10 Å². The second-order valence-corrected chi connectivity index (χ2v) is 6.89. The van der Waals surface area contributed by atoms with Crippen molar-refractivity contribution in [2.24, 2.45) is 5.73 Å². The van der Waals surface area contributed by atoms with E-state index in [0.717, 1.165) is 0 Å². The van der Waals surface area contributed by atoms with Gasteiger partial charge in [0.25, 0.3) is 0 Å². The highest BCUT2D eigenvalue weighted by Crippen LogP contribution is 2.25. The quantitative estimate of drug-likeness (QED) is 0.724. The molecule has 7 nitrogen and oxygen atoms in total. The summed E-state index contributed by atoms with van der Waals surface area (Å²) in [7, 11) is -4.07. The highest BCUT2D eigenvalue weighted by molar-refractivity contribution is 9.10. The van der Waals surface area contributed by atoms with Crippen LogP contribution in [0.4, 0.5) is 4.39 Å². The van der Waals surface area contributed by atoms with Crippen LogP contribution < -0.4 is 10.5 Å². The Morgan fingerprint density at radius 1 is 1.52 bits per heavy atom. The molecule has 21 heavy (non-hydrogen) atoms. The van der Waals surface area contributed by atoms with Gasteiger partial charge in [-0.25, -0.2) is 22.5 Å². The SMILES string of the molecule is CC(NS(=O)(=O)c1cc(Br)cc(CN)c1F)c1ncn[nH]1. The first kappa shape index (κ1) is 16.0. The zero-order chi connectivity index (χ0) is 15.6. The Labute approximate surface area is 129 Å². The molecule has 0 bridgehead atoms. The molecule has 4 N–H and O–H groups in total. The number of aromatic amines is 1. The average molecular weight is 378 g/mol. The van der Waals surface area contributed by atoms with Crippen molar-refractivity contribution in [1.82, 2.24) is 19.9 Å². The molecule has 0 aliphatic carbocycles. The lowest BCUT2D eigenvalue weighted by molar-refractivity contribution is 0.537. The molecule has 1 unspecified atom stereocenters. The van der Waals surface area contributed by atoms with E-state index in [1.807, 2.05) is 0 Å². The number of H-pyrrole nitrogens is 1. The van der Waals surface area contributed by atoms with Crippen LogP contribution in [-0.2, 0) is 16.6 Å². The van der Waals surface area contributed by atoms with E-state index in [2.05, 4.69) is 35.8 Å². The molecule has 0 amide bonds. The summed E-state index contributed by atoms with van der Waals surface area (Å²) in [5.41, 5.74) is 5.52. The predicted octanol–water partition coefficient (Wildman–Crippen LogP) is 1.20. The summed E-state index contributed by atoms with van der Waals surface area (Å²) < 4.78 is 41.6. The van der Waals surface area contributed by atoms with Gasteiger partial charge >= 0.3 is 0 Å². The van der Waals surface area contributed by atoms with Crippen LogP contribution in [0.3, 0.4) is 0 Å². The van der Waals surface area contributed by atoms with E-state index in [4.69, 9.17) is 5.73 Å². The molecule has 1 atom stereocenters. The number of nitrogens with two attached hydrogens (primary N) is 1. The topological polar surface area (TPSA) is 114 Å². The van der Waals surface area contributed by atoms with Crippen molar-refractivity contribution in [2.45, 2.75) is 24.4 Å². The van der Waals surface area contributed by atoms with E-state index in [-0.39, 0.29) is 12.1 Å². The lowest BCUT2D eigenvalue weighted by Gasteiger charge is -2.14. The smallest absolute Gasteiger partial charge is 0.244 e. The van der Waals surface area contributed by atoms with Gasteiger partial charge in [0.05, 0.1) is 6.04 Å². The van der Waals surface area contributed by atoms with Crippen molar-refractivity contribution in [2.75, 3.05) is 0 Å². The number of sulfonamides is 1. The third-order valence-corrected chi connectivity index (χ3v) is 4.76. The molecule has 1 aromatic heterocycles. The van der Waals surface area contributed by atoms with Gasteiger partial charge in [-0.15, -0.1) is 0 Å². The fraction of sp³-hybridized carbons (Fsp3) is 0.273. The Morgan fingerprint density at radius 2 is 2.24 bits per heavy atom. The first-order valence-corrected chi connectivity index (χ1v) is 8.18. The van der Waals surface area contributed by atoms with E-state index in [9.17, 15) is 12.8 Å². The van der Waals surface area contributed by atoms with Gasteiger partial charge in [-0.1, -0.05) is 15.9 Å². The molecule has 0 saturated carbocycles. The molecule has 10 heteroatoms. The second kappa shape index (κ2) is 6.18. The van der Waals surface area contributed by atoms with E-state index in [1.54, 1.807) is 6.92 Å². The van der Waals surface area contributed by atoms with Crippen molar-refractivity contribution < 1.29 is 12.8 Å². The summed E-state index contributed by atoms with van der Waals surface area (Å²) in [6.07, 6.45) is 1.26. The summed E-state index contributed by atoms with van der Waals surface area (Å²) in [5.74, 6) is -0.536. The van der Waals surface area contributed by atoms with Crippen LogP contribution >= 0.6 is 15.9 Å². The molecular formula is C11H13BrFN5O2S. The summed E-state index contributed by atoms with van der Waals surface area (Å²) in [5, 5.41) is 6.18. The standard InChI is InChI=1S/C11H13BrFN5O2S/c1-6(11-15-5-16-17-11)18-21(19,20)9-3-8(12)2-7(4-14)10(9)13/h2-3,5-6,18H,4,14H2,1H3,(H,15,16,17). The van der Waals surface area contributed by atoms with Gasteiger partial charge in [0, 0.05) is 16.6 Å². The first-order valence-electron chi connectivity index (χ1n) is 5.90. The van der Waals surface area contributed by atoms with E-state index >= 15 is 0 Å². The minimum atomic E-state index is -4.07. The monoisotopic (exact) mass is 377 g/mol. The van der Waals surface area contributed by atoms with Crippen LogP contribution in [0.1, 0.15) is 24.4 Å².